The van der Waals surface area contributed by atoms with Crippen LogP contribution in [0.1, 0.15) is 39.5 Å². The molecule has 3 heteroatoms. The summed E-state index contributed by atoms with van der Waals surface area (Å²) in [4.78, 5) is 5.12. The summed E-state index contributed by atoms with van der Waals surface area (Å²) < 4.78 is 0. The Morgan fingerprint density at radius 1 is 1.06 bits per heavy atom. The van der Waals surface area contributed by atoms with Gasteiger partial charge in [0.05, 0.1) is 0 Å². The van der Waals surface area contributed by atoms with Crippen molar-refractivity contribution >= 4 is 0 Å². The smallest absolute Gasteiger partial charge is 0.0107 e. The third-order valence-electron chi connectivity index (χ3n) is 3.62. The van der Waals surface area contributed by atoms with E-state index in [-0.39, 0.29) is 0 Å². The van der Waals surface area contributed by atoms with Crippen molar-refractivity contribution in [3.63, 3.8) is 0 Å². The van der Waals surface area contributed by atoms with E-state index in [4.69, 9.17) is 0 Å². The van der Waals surface area contributed by atoms with Gasteiger partial charge in [-0.05, 0) is 65.0 Å². The highest BCUT2D eigenvalue weighted by Crippen LogP contribution is 2.06. The zero-order valence-corrected chi connectivity index (χ0v) is 11.9. The van der Waals surface area contributed by atoms with Crippen LogP contribution in [0.15, 0.2) is 0 Å². The first-order valence-electron chi connectivity index (χ1n) is 7.52. The van der Waals surface area contributed by atoms with Crippen molar-refractivity contribution in [2.75, 3.05) is 52.4 Å². The van der Waals surface area contributed by atoms with Crippen LogP contribution in [0.5, 0.6) is 0 Å². The summed E-state index contributed by atoms with van der Waals surface area (Å²) in [5.74, 6) is 0. The lowest BCUT2D eigenvalue weighted by molar-refractivity contribution is 0.284. The summed E-state index contributed by atoms with van der Waals surface area (Å²) in [6.07, 6.45) is 5.40. The first-order valence-corrected chi connectivity index (χ1v) is 7.52. The third kappa shape index (κ3) is 7.02. The van der Waals surface area contributed by atoms with E-state index in [9.17, 15) is 0 Å². The van der Waals surface area contributed by atoms with Gasteiger partial charge in [0.15, 0.2) is 0 Å². The average Bonchev–Trinajstić information content (AvgIpc) is 2.85. The number of likely N-dealkylation sites (tertiary alicyclic amines) is 1. The van der Waals surface area contributed by atoms with Gasteiger partial charge in [0.25, 0.3) is 0 Å². The maximum Gasteiger partial charge on any atom is 0.0107 e. The van der Waals surface area contributed by atoms with Crippen molar-refractivity contribution in [1.29, 1.82) is 0 Å². The molecule has 1 fully saturated rings. The second-order valence-corrected chi connectivity index (χ2v) is 5.09. The van der Waals surface area contributed by atoms with Gasteiger partial charge in [0.1, 0.15) is 0 Å². The Morgan fingerprint density at radius 3 is 2.47 bits per heavy atom. The fourth-order valence-corrected chi connectivity index (χ4v) is 2.54. The maximum atomic E-state index is 3.56. The molecule has 1 heterocycles. The predicted molar refractivity (Wildman–Crippen MR) is 75.6 cm³/mol. The van der Waals surface area contributed by atoms with E-state index >= 15 is 0 Å². The molecule has 0 radical (unpaired) electrons. The molecule has 102 valence electrons. The van der Waals surface area contributed by atoms with Crippen molar-refractivity contribution in [2.45, 2.75) is 39.5 Å². The fourth-order valence-electron chi connectivity index (χ4n) is 2.54. The van der Waals surface area contributed by atoms with Gasteiger partial charge in [-0.3, -0.25) is 0 Å². The summed E-state index contributed by atoms with van der Waals surface area (Å²) in [6.45, 7) is 14.4. The molecular formula is C14H31N3. The molecule has 0 amide bonds. The van der Waals surface area contributed by atoms with Crippen molar-refractivity contribution in [3.8, 4) is 0 Å². The number of nitrogens with one attached hydrogen (secondary N) is 1. The van der Waals surface area contributed by atoms with Gasteiger partial charge < -0.3 is 15.1 Å². The number of likely N-dealkylation sites (N-methyl/N-ethyl adjacent to an activating group) is 1. The van der Waals surface area contributed by atoms with Crippen LogP contribution in [0, 0.1) is 0 Å². The minimum atomic E-state index is 1.15. The van der Waals surface area contributed by atoms with Gasteiger partial charge in [-0.2, -0.15) is 0 Å². The molecular weight excluding hydrogens is 210 g/mol. The fraction of sp³-hybridized carbons (Fsp3) is 1.00. The maximum absolute atomic E-state index is 3.56. The Kier molecular flexibility index (Phi) is 8.67. The molecule has 1 aliphatic heterocycles. The van der Waals surface area contributed by atoms with E-state index in [0.29, 0.717) is 0 Å². The second kappa shape index (κ2) is 9.86. The highest BCUT2D eigenvalue weighted by Gasteiger charge is 2.09. The number of nitrogens with zero attached hydrogens (tertiary/aromatic N) is 2. The van der Waals surface area contributed by atoms with Gasteiger partial charge >= 0.3 is 0 Å². The van der Waals surface area contributed by atoms with E-state index in [2.05, 4.69) is 29.0 Å². The highest BCUT2D eigenvalue weighted by molar-refractivity contribution is 4.66. The zero-order chi connectivity index (χ0) is 12.3. The monoisotopic (exact) mass is 241 g/mol. The van der Waals surface area contributed by atoms with E-state index in [1.807, 2.05) is 0 Å². The SMILES string of the molecule is CCCN(CC)CCNCCCN1CCCC1. The van der Waals surface area contributed by atoms with Crippen LogP contribution in [0.25, 0.3) is 0 Å². The van der Waals surface area contributed by atoms with E-state index < -0.39 is 0 Å². The molecule has 17 heavy (non-hydrogen) atoms. The van der Waals surface area contributed by atoms with Crippen LogP contribution in [0.2, 0.25) is 0 Å². The lowest BCUT2D eigenvalue weighted by Crippen LogP contribution is -2.33. The lowest BCUT2D eigenvalue weighted by Gasteiger charge is -2.20. The third-order valence-corrected chi connectivity index (χ3v) is 3.62. The molecule has 0 aromatic heterocycles. The molecule has 1 aliphatic rings. The first-order chi connectivity index (χ1) is 8.36. The largest absolute Gasteiger partial charge is 0.315 e. The second-order valence-electron chi connectivity index (χ2n) is 5.09. The Hall–Kier alpha value is -0.120. The predicted octanol–water partition coefficient (Wildman–Crippen LogP) is 1.79. The van der Waals surface area contributed by atoms with Crippen LogP contribution in [-0.4, -0.2) is 62.2 Å². The molecule has 0 unspecified atom stereocenters. The molecule has 0 aromatic rings. The number of hydrogen-bond donors (Lipinski definition) is 1. The van der Waals surface area contributed by atoms with Gasteiger partial charge in [0, 0.05) is 13.1 Å². The van der Waals surface area contributed by atoms with Gasteiger partial charge in [-0.25, -0.2) is 0 Å². The van der Waals surface area contributed by atoms with Crippen LogP contribution >= 0.6 is 0 Å². The van der Waals surface area contributed by atoms with Crippen molar-refractivity contribution in [1.82, 2.24) is 15.1 Å². The van der Waals surface area contributed by atoms with Gasteiger partial charge in [0.2, 0.25) is 0 Å². The van der Waals surface area contributed by atoms with Gasteiger partial charge in [-0.1, -0.05) is 13.8 Å². The van der Waals surface area contributed by atoms with Crippen molar-refractivity contribution in [2.24, 2.45) is 0 Å². The molecule has 0 saturated carbocycles. The van der Waals surface area contributed by atoms with Crippen LogP contribution < -0.4 is 5.32 Å². The molecule has 3 nitrogen and oxygen atoms in total. The summed E-state index contributed by atoms with van der Waals surface area (Å²) in [5.41, 5.74) is 0. The van der Waals surface area contributed by atoms with E-state index in [1.165, 1.54) is 71.5 Å². The Balaban J connectivity index is 1.86. The topological polar surface area (TPSA) is 18.5 Å². The minimum absolute atomic E-state index is 1.15. The Bertz CT molecular complexity index is 167. The molecule has 0 bridgehead atoms. The quantitative estimate of drug-likeness (QED) is 0.588. The molecule has 0 aromatic carbocycles. The summed E-state index contributed by atoms with van der Waals surface area (Å²) in [5, 5.41) is 3.56. The van der Waals surface area contributed by atoms with E-state index in [0.717, 1.165) is 6.54 Å². The average molecular weight is 241 g/mol. The van der Waals surface area contributed by atoms with Crippen LogP contribution in [0.4, 0.5) is 0 Å². The van der Waals surface area contributed by atoms with Crippen molar-refractivity contribution in [3.05, 3.63) is 0 Å². The zero-order valence-electron chi connectivity index (χ0n) is 11.9. The molecule has 0 atom stereocenters. The van der Waals surface area contributed by atoms with Crippen molar-refractivity contribution < 1.29 is 0 Å². The summed E-state index contributed by atoms with van der Waals surface area (Å²) in [6, 6.07) is 0. The molecule has 1 saturated heterocycles. The molecule has 1 rings (SSSR count). The number of rotatable bonds is 10. The Morgan fingerprint density at radius 2 is 1.82 bits per heavy atom. The lowest BCUT2D eigenvalue weighted by atomic mass is 10.3. The summed E-state index contributed by atoms with van der Waals surface area (Å²) in [7, 11) is 0. The molecule has 1 N–H and O–H groups in total. The Labute approximate surface area is 108 Å². The standard InChI is InChI=1S/C14H31N3/c1-3-10-16(4-2)14-9-15-8-7-13-17-11-5-6-12-17/h15H,3-14H2,1-2H3. The van der Waals surface area contributed by atoms with Crippen LogP contribution in [0.3, 0.4) is 0 Å². The number of hydrogen-bond acceptors (Lipinski definition) is 3. The summed E-state index contributed by atoms with van der Waals surface area (Å²) >= 11 is 0. The van der Waals surface area contributed by atoms with E-state index in [1.54, 1.807) is 0 Å². The van der Waals surface area contributed by atoms with Gasteiger partial charge in [-0.15, -0.1) is 0 Å². The molecule has 0 spiro atoms. The molecule has 0 aliphatic carbocycles. The first kappa shape index (κ1) is 14.9. The van der Waals surface area contributed by atoms with Crippen LogP contribution in [-0.2, 0) is 0 Å². The minimum Gasteiger partial charge on any atom is -0.315 e. The highest BCUT2D eigenvalue weighted by atomic mass is 15.1. The normalized spacial score (nSPS) is 17.1.